The summed E-state index contributed by atoms with van der Waals surface area (Å²) in [4.78, 5) is 0. The Labute approximate surface area is 93.3 Å². The summed E-state index contributed by atoms with van der Waals surface area (Å²) in [5.41, 5.74) is 0. The molecule has 0 bridgehead atoms. The van der Waals surface area contributed by atoms with Crippen LogP contribution in [0.15, 0.2) is 8.98 Å². The van der Waals surface area contributed by atoms with Gasteiger partial charge in [-0.25, -0.2) is 0 Å². The van der Waals surface area contributed by atoms with Crippen LogP contribution in [0, 0.1) is 0 Å². The number of rotatable bonds is 2. The molecular weight excluding hydrogens is 242 g/mol. The van der Waals surface area contributed by atoms with Gasteiger partial charge in [0.25, 0.3) is 0 Å². The molecule has 0 aromatic rings. The first-order valence-corrected chi connectivity index (χ1v) is 4.97. The minimum absolute atomic E-state index is 0.0988. The average Bonchev–Trinajstić information content (AvgIpc) is 1.87. The van der Waals surface area contributed by atoms with Crippen LogP contribution in [0.5, 0.6) is 0 Å². The van der Waals surface area contributed by atoms with Gasteiger partial charge in [0, 0.05) is 0 Å². The van der Waals surface area contributed by atoms with Gasteiger partial charge in [-0.1, -0.05) is 59.7 Å². The van der Waals surface area contributed by atoms with Crippen molar-refractivity contribution in [3.63, 3.8) is 0 Å². The summed E-state index contributed by atoms with van der Waals surface area (Å²) in [6, 6.07) is 0. The SMILES string of the molecule is CCCC(C)O.ClC(Cl)=C(Cl)Cl. The monoisotopic (exact) mass is 252 g/mol. The van der Waals surface area contributed by atoms with E-state index in [1.807, 2.05) is 6.92 Å². The average molecular weight is 254 g/mol. The fourth-order valence-corrected chi connectivity index (χ4v) is 0.418. The van der Waals surface area contributed by atoms with Crippen molar-refractivity contribution in [1.82, 2.24) is 0 Å². The smallest absolute Gasteiger partial charge is 0.136 e. The molecule has 0 amide bonds. The van der Waals surface area contributed by atoms with E-state index in [-0.39, 0.29) is 15.1 Å². The van der Waals surface area contributed by atoms with E-state index >= 15 is 0 Å². The van der Waals surface area contributed by atoms with Gasteiger partial charge >= 0.3 is 0 Å². The molecule has 0 radical (unpaired) electrons. The molecule has 0 aliphatic rings. The molecule has 1 N–H and O–H groups in total. The molecular formula is C7H12Cl4O. The molecule has 0 aliphatic carbocycles. The highest BCUT2D eigenvalue weighted by Gasteiger charge is 1.88. The van der Waals surface area contributed by atoms with E-state index in [0.29, 0.717) is 0 Å². The van der Waals surface area contributed by atoms with E-state index < -0.39 is 0 Å². The minimum atomic E-state index is -0.102. The number of aliphatic hydroxyl groups is 1. The van der Waals surface area contributed by atoms with Gasteiger partial charge in [-0.3, -0.25) is 0 Å². The Hall–Kier alpha value is 0.860. The quantitative estimate of drug-likeness (QED) is 0.781. The van der Waals surface area contributed by atoms with Crippen LogP contribution < -0.4 is 0 Å². The summed E-state index contributed by atoms with van der Waals surface area (Å²) in [6.07, 6.45) is 1.91. The summed E-state index contributed by atoms with van der Waals surface area (Å²) >= 11 is 20.0. The van der Waals surface area contributed by atoms with E-state index in [4.69, 9.17) is 51.5 Å². The Bertz CT molecular complexity index is 115. The van der Waals surface area contributed by atoms with Crippen molar-refractivity contribution in [2.45, 2.75) is 32.8 Å². The molecule has 0 fully saturated rings. The molecule has 0 saturated heterocycles. The van der Waals surface area contributed by atoms with Gasteiger partial charge in [0.15, 0.2) is 0 Å². The zero-order chi connectivity index (χ0) is 10.1. The third kappa shape index (κ3) is 17.1. The second-order valence-electron chi connectivity index (χ2n) is 2.16. The van der Waals surface area contributed by atoms with Gasteiger partial charge < -0.3 is 5.11 Å². The van der Waals surface area contributed by atoms with E-state index in [1.54, 1.807) is 0 Å². The first-order chi connectivity index (χ1) is 5.41. The summed E-state index contributed by atoms with van der Waals surface area (Å²) in [5.74, 6) is 0. The van der Waals surface area contributed by atoms with Crippen molar-refractivity contribution in [1.29, 1.82) is 0 Å². The second-order valence-corrected chi connectivity index (χ2v) is 4.06. The topological polar surface area (TPSA) is 20.2 Å². The molecule has 12 heavy (non-hydrogen) atoms. The van der Waals surface area contributed by atoms with Crippen molar-refractivity contribution < 1.29 is 5.11 Å². The number of aliphatic hydroxyl groups excluding tert-OH is 1. The molecule has 1 atom stereocenters. The first kappa shape index (κ1) is 15.3. The third-order valence-electron chi connectivity index (χ3n) is 0.849. The highest BCUT2D eigenvalue weighted by Crippen LogP contribution is 2.20. The largest absolute Gasteiger partial charge is 0.393 e. The maximum Gasteiger partial charge on any atom is 0.136 e. The van der Waals surface area contributed by atoms with Gasteiger partial charge in [0.1, 0.15) is 8.98 Å². The summed E-state index contributed by atoms with van der Waals surface area (Å²) in [6.45, 7) is 3.87. The van der Waals surface area contributed by atoms with E-state index in [2.05, 4.69) is 6.92 Å². The van der Waals surface area contributed by atoms with Crippen LogP contribution in [0.2, 0.25) is 0 Å². The van der Waals surface area contributed by atoms with Crippen LogP contribution in [0.25, 0.3) is 0 Å². The van der Waals surface area contributed by atoms with Crippen molar-refractivity contribution in [3.8, 4) is 0 Å². The van der Waals surface area contributed by atoms with E-state index in [9.17, 15) is 0 Å². The first-order valence-electron chi connectivity index (χ1n) is 3.46. The summed E-state index contributed by atoms with van der Waals surface area (Å²) in [5, 5.41) is 8.55. The lowest BCUT2D eigenvalue weighted by Gasteiger charge is -1.95. The molecule has 0 aromatic heterocycles. The minimum Gasteiger partial charge on any atom is -0.393 e. The fourth-order valence-electron chi connectivity index (χ4n) is 0.418. The second kappa shape index (κ2) is 9.94. The third-order valence-corrected chi connectivity index (χ3v) is 1.99. The lowest BCUT2D eigenvalue weighted by atomic mass is 10.2. The number of hydrogen-bond acceptors (Lipinski definition) is 1. The predicted octanol–water partition coefficient (Wildman–Crippen LogP) is 4.24. The predicted molar refractivity (Wildman–Crippen MR) is 57.0 cm³/mol. The lowest BCUT2D eigenvalue weighted by molar-refractivity contribution is 0.183. The lowest BCUT2D eigenvalue weighted by Crippen LogP contribution is -1.95. The Morgan fingerprint density at radius 2 is 1.50 bits per heavy atom. The fraction of sp³-hybridized carbons (Fsp3) is 0.714. The van der Waals surface area contributed by atoms with Crippen LogP contribution in [-0.4, -0.2) is 11.2 Å². The zero-order valence-electron chi connectivity index (χ0n) is 6.95. The van der Waals surface area contributed by atoms with Gasteiger partial charge in [-0.05, 0) is 13.3 Å². The van der Waals surface area contributed by atoms with Gasteiger partial charge in [0.05, 0.1) is 6.10 Å². The van der Waals surface area contributed by atoms with Gasteiger partial charge in [-0.2, -0.15) is 0 Å². The molecule has 5 heteroatoms. The zero-order valence-corrected chi connectivity index (χ0v) is 9.97. The Balaban J connectivity index is 0. The molecule has 0 aliphatic heterocycles. The molecule has 0 spiro atoms. The Morgan fingerprint density at radius 1 is 1.17 bits per heavy atom. The molecule has 0 heterocycles. The molecule has 0 rings (SSSR count). The van der Waals surface area contributed by atoms with Gasteiger partial charge in [-0.15, -0.1) is 0 Å². The van der Waals surface area contributed by atoms with Gasteiger partial charge in [0.2, 0.25) is 0 Å². The van der Waals surface area contributed by atoms with Crippen molar-refractivity contribution in [2.24, 2.45) is 0 Å². The standard InChI is InChI=1S/C5H12O.C2Cl4/c1-3-4-5(2)6;3-1(4)2(5)6/h5-6H,3-4H2,1-2H3;. The summed E-state index contributed by atoms with van der Waals surface area (Å²) < 4.78 is -0.198. The van der Waals surface area contributed by atoms with Crippen LogP contribution in [-0.2, 0) is 0 Å². The van der Waals surface area contributed by atoms with Crippen molar-refractivity contribution in [3.05, 3.63) is 8.98 Å². The van der Waals surface area contributed by atoms with Crippen LogP contribution >= 0.6 is 46.4 Å². The van der Waals surface area contributed by atoms with Crippen molar-refractivity contribution in [2.75, 3.05) is 0 Å². The maximum absolute atomic E-state index is 8.55. The Kier molecular flexibility index (Phi) is 12.7. The highest BCUT2D eigenvalue weighted by molar-refractivity contribution is 6.67. The normalized spacial score (nSPS) is 11.2. The van der Waals surface area contributed by atoms with Crippen LogP contribution in [0.3, 0.4) is 0 Å². The summed E-state index contributed by atoms with van der Waals surface area (Å²) in [7, 11) is 0. The molecule has 1 nitrogen and oxygen atoms in total. The maximum atomic E-state index is 8.55. The van der Waals surface area contributed by atoms with Crippen molar-refractivity contribution >= 4 is 46.4 Å². The van der Waals surface area contributed by atoms with E-state index in [1.165, 1.54) is 0 Å². The number of halogens is 4. The molecule has 0 aromatic carbocycles. The molecule has 1 unspecified atom stereocenters. The highest BCUT2D eigenvalue weighted by atomic mass is 35.5. The molecule has 74 valence electrons. The molecule has 0 saturated carbocycles. The number of hydrogen-bond donors (Lipinski definition) is 1. The Morgan fingerprint density at radius 3 is 1.50 bits per heavy atom. The van der Waals surface area contributed by atoms with Crippen LogP contribution in [0.4, 0.5) is 0 Å². The van der Waals surface area contributed by atoms with Crippen LogP contribution in [0.1, 0.15) is 26.7 Å². The van der Waals surface area contributed by atoms with E-state index in [0.717, 1.165) is 12.8 Å².